The number of carbonyl (C=O) groups excluding carboxylic acids is 1. The molecule has 0 aliphatic carbocycles. The summed E-state index contributed by atoms with van der Waals surface area (Å²) in [6.45, 7) is 6.90. The van der Waals surface area contributed by atoms with Crippen molar-refractivity contribution in [2.24, 2.45) is 5.92 Å². The van der Waals surface area contributed by atoms with Gasteiger partial charge in [0.1, 0.15) is 12.2 Å². The summed E-state index contributed by atoms with van der Waals surface area (Å²) in [6.07, 6.45) is 3.42. The van der Waals surface area contributed by atoms with Crippen LogP contribution in [0.5, 0.6) is 0 Å². The number of rotatable bonds is 5. The standard InChI is InChI=1S/C12H16N4OS/c1-8(2)6-16-12(14-7-15-16)4-10(17)11-5-13-9(3)18-11/h5,7-8H,4,6H2,1-3H3. The van der Waals surface area contributed by atoms with Gasteiger partial charge in [0.15, 0.2) is 5.78 Å². The third-order valence-electron chi connectivity index (χ3n) is 2.45. The highest BCUT2D eigenvalue weighted by molar-refractivity contribution is 7.13. The van der Waals surface area contributed by atoms with Crippen LogP contribution in [0.1, 0.15) is 34.4 Å². The number of hydrogen-bond acceptors (Lipinski definition) is 5. The van der Waals surface area contributed by atoms with Crippen LogP contribution in [0.25, 0.3) is 0 Å². The third kappa shape index (κ3) is 3.01. The van der Waals surface area contributed by atoms with Gasteiger partial charge in [0.2, 0.25) is 0 Å². The second kappa shape index (κ2) is 5.39. The quantitative estimate of drug-likeness (QED) is 0.776. The largest absolute Gasteiger partial charge is 0.293 e. The Morgan fingerprint density at radius 2 is 2.22 bits per heavy atom. The Balaban J connectivity index is 2.10. The molecule has 0 unspecified atom stereocenters. The predicted molar refractivity (Wildman–Crippen MR) is 69.7 cm³/mol. The number of Topliss-reactive ketones (excluding diaryl/α,β-unsaturated/α-hetero) is 1. The Morgan fingerprint density at radius 3 is 2.83 bits per heavy atom. The minimum absolute atomic E-state index is 0.0543. The highest BCUT2D eigenvalue weighted by atomic mass is 32.1. The lowest BCUT2D eigenvalue weighted by atomic mass is 10.2. The summed E-state index contributed by atoms with van der Waals surface area (Å²) in [5.74, 6) is 1.25. The molecule has 0 bridgehead atoms. The molecule has 96 valence electrons. The molecule has 2 rings (SSSR count). The summed E-state index contributed by atoms with van der Waals surface area (Å²) in [5, 5.41) is 5.05. The minimum Gasteiger partial charge on any atom is -0.293 e. The summed E-state index contributed by atoms with van der Waals surface area (Å²) in [6, 6.07) is 0. The second-order valence-electron chi connectivity index (χ2n) is 4.60. The van der Waals surface area contributed by atoms with E-state index in [0.717, 1.165) is 17.4 Å². The molecule has 6 heteroatoms. The van der Waals surface area contributed by atoms with E-state index in [0.29, 0.717) is 10.8 Å². The average Bonchev–Trinajstić information content (AvgIpc) is 2.88. The van der Waals surface area contributed by atoms with Crippen LogP contribution < -0.4 is 0 Å². The van der Waals surface area contributed by atoms with Crippen LogP contribution in [0.3, 0.4) is 0 Å². The second-order valence-corrected chi connectivity index (χ2v) is 5.83. The van der Waals surface area contributed by atoms with E-state index in [1.54, 1.807) is 10.9 Å². The number of aryl methyl sites for hydroxylation is 1. The van der Waals surface area contributed by atoms with Gasteiger partial charge >= 0.3 is 0 Å². The van der Waals surface area contributed by atoms with Crippen LogP contribution in [-0.2, 0) is 13.0 Å². The van der Waals surface area contributed by atoms with E-state index in [1.807, 2.05) is 6.92 Å². The molecular weight excluding hydrogens is 248 g/mol. The van der Waals surface area contributed by atoms with Crippen LogP contribution in [-0.4, -0.2) is 25.5 Å². The molecule has 0 aliphatic rings. The summed E-state index contributed by atoms with van der Waals surface area (Å²) < 4.78 is 1.80. The predicted octanol–water partition coefficient (Wildman–Crippen LogP) is 2.12. The first-order valence-corrected chi connectivity index (χ1v) is 6.70. The van der Waals surface area contributed by atoms with Crippen molar-refractivity contribution in [1.29, 1.82) is 0 Å². The molecule has 0 amide bonds. The van der Waals surface area contributed by atoms with E-state index in [2.05, 4.69) is 28.9 Å². The molecule has 2 heterocycles. The topological polar surface area (TPSA) is 60.7 Å². The van der Waals surface area contributed by atoms with E-state index < -0.39 is 0 Å². The number of ketones is 1. The van der Waals surface area contributed by atoms with Crippen LogP contribution in [0.2, 0.25) is 0 Å². The first kappa shape index (κ1) is 12.9. The minimum atomic E-state index is 0.0543. The van der Waals surface area contributed by atoms with Crippen molar-refractivity contribution >= 4 is 17.1 Å². The number of aromatic nitrogens is 4. The third-order valence-corrected chi connectivity index (χ3v) is 3.40. The van der Waals surface area contributed by atoms with Gasteiger partial charge in [-0.1, -0.05) is 13.8 Å². The molecule has 0 N–H and O–H groups in total. The van der Waals surface area contributed by atoms with Gasteiger partial charge in [0, 0.05) is 12.7 Å². The maximum absolute atomic E-state index is 12.1. The van der Waals surface area contributed by atoms with Crippen molar-refractivity contribution in [2.45, 2.75) is 33.7 Å². The van der Waals surface area contributed by atoms with Gasteiger partial charge in [-0.05, 0) is 12.8 Å². The van der Waals surface area contributed by atoms with Gasteiger partial charge in [0.25, 0.3) is 0 Å². The normalized spacial score (nSPS) is 11.1. The van der Waals surface area contributed by atoms with Crippen molar-refractivity contribution in [3.63, 3.8) is 0 Å². The molecule has 0 spiro atoms. The van der Waals surface area contributed by atoms with Crippen LogP contribution in [0.4, 0.5) is 0 Å². The van der Waals surface area contributed by atoms with E-state index >= 15 is 0 Å². The summed E-state index contributed by atoms with van der Waals surface area (Å²) >= 11 is 1.42. The van der Waals surface area contributed by atoms with E-state index in [4.69, 9.17) is 0 Å². The van der Waals surface area contributed by atoms with Crippen LogP contribution >= 0.6 is 11.3 Å². The summed E-state index contributed by atoms with van der Waals surface area (Å²) in [7, 11) is 0. The van der Waals surface area contributed by atoms with Gasteiger partial charge in [-0.25, -0.2) is 14.6 Å². The first-order valence-electron chi connectivity index (χ1n) is 5.88. The first-order chi connectivity index (χ1) is 8.56. The van der Waals surface area contributed by atoms with Crippen molar-refractivity contribution < 1.29 is 4.79 Å². The Labute approximate surface area is 110 Å². The SMILES string of the molecule is Cc1ncc(C(=O)Cc2ncnn2CC(C)C)s1. The molecule has 0 aliphatic heterocycles. The fourth-order valence-corrected chi connectivity index (χ4v) is 2.36. The van der Waals surface area contributed by atoms with Crippen LogP contribution in [0, 0.1) is 12.8 Å². The lowest BCUT2D eigenvalue weighted by Gasteiger charge is -2.07. The highest BCUT2D eigenvalue weighted by Gasteiger charge is 2.14. The molecule has 18 heavy (non-hydrogen) atoms. The van der Waals surface area contributed by atoms with Gasteiger partial charge in [-0.3, -0.25) is 4.79 Å². The zero-order valence-electron chi connectivity index (χ0n) is 10.8. The Bertz CT molecular complexity index is 544. The smallest absolute Gasteiger partial charge is 0.181 e. The lowest BCUT2D eigenvalue weighted by Crippen LogP contribution is -2.13. The van der Waals surface area contributed by atoms with Crippen molar-refractivity contribution in [1.82, 2.24) is 19.7 Å². The molecule has 2 aromatic heterocycles. The average molecular weight is 264 g/mol. The zero-order valence-corrected chi connectivity index (χ0v) is 11.6. The van der Waals surface area contributed by atoms with Crippen molar-refractivity contribution in [3.8, 4) is 0 Å². The Morgan fingerprint density at radius 1 is 1.44 bits per heavy atom. The van der Waals surface area contributed by atoms with E-state index in [9.17, 15) is 4.79 Å². The molecule has 0 fully saturated rings. The molecule has 0 radical (unpaired) electrons. The van der Waals surface area contributed by atoms with Gasteiger partial charge < -0.3 is 0 Å². The van der Waals surface area contributed by atoms with Gasteiger partial charge in [-0.15, -0.1) is 11.3 Å². The molecule has 0 saturated heterocycles. The maximum atomic E-state index is 12.1. The number of hydrogen-bond donors (Lipinski definition) is 0. The maximum Gasteiger partial charge on any atom is 0.181 e. The number of thiazole rings is 1. The van der Waals surface area contributed by atoms with Crippen LogP contribution in [0.15, 0.2) is 12.5 Å². The Hall–Kier alpha value is -1.56. The molecule has 0 saturated carbocycles. The van der Waals surface area contributed by atoms with Crippen molar-refractivity contribution in [3.05, 3.63) is 28.2 Å². The Kier molecular flexibility index (Phi) is 3.86. The van der Waals surface area contributed by atoms with Gasteiger partial charge in [0.05, 0.1) is 16.3 Å². The van der Waals surface area contributed by atoms with Crippen molar-refractivity contribution in [2.75, 3.05) is 0 Å². The monoisotopic (exact) mass is 264 g/mol. The fourth-order valence-electron chi connectivity index (χ4n) is 1.64. The molecule has 2 aromatic rings. The highest BCUT2D eigenvalue weighted by Crippen LogP contribution is 2.14. The molecule has 5 nitrogen and oxygen atoms in total. The summed E-state index contributed by atoms with van der Waals surface area (Å²) in [5.41, 5.74) is 0. The molecular formula is C12H16N4OS. The fraction of sp³-hybridized carbons (Fsp3) is 0.500. The van der Waals surface area contributed by atoms with E-state index in [-0.39, 0.29) is 12.2 Å². The molecule has 0 aromatic carbocycles. The lowest BCUT2D eigenvalue weighted by molar-refractivity contribution is 0.0992. The van der Waals surface area contributed by atoms with Gasteiger partial charge in [-0.2, -0.15) is 5.10 Å². The number of carbonyl (C=O) groups is 1. The zero-order chi connectivity index (χ0) is 13.1. The number of nitrogens with zero attached hydrogens (tertiary/aromatic N) is 4. The molecule has 0 atom stereocenters. The van der Waals surface area contributed by atoms with E-state index in [1.165, 1.54) is 17.7 Å². The summed E-state index contributed by atoms with van der Waals surface area (Å²) in [4.78, 5) is 21.0.